The normalized spacial score (nSPS) is 21.1. The summed E-state index contributed by atoms with van der Waals surface area (Å²) in [5, 5.41) is 9.21. The topological polar surface area (TPSA) is 49.5 Å². The van der Waals surface area contributed by atoms with Gasteiger partial charge in [-0.15, -0.1) is 0 Å². The van der Waals surface area contributed by atoms with Crippen molar-refractivity contribution >= 4 is 11.4 Å². The third-order valence-corrected chi connectivity index (χ3v) is 3.30. The molecule has 0 saturated carbocycles. The highest BCUT2D eigenvalue weighted by molar-refractivity contribution is 5.68. The number of aryl methyl sites for hydroxylation is 1. The minimum Gasteiger partial charge on any atom is -0.397 e. The molecule has 0 aliphatic carbocycles. The van der Waals surface area contributed by atoms with Crippen LogP contribution in [-0.2, 0) is 0 Å². The number of aliphatic hydroxyl groups excluding tert-OH is 1. The number of aliphatic hydroxyl groups is 1. The Labute approximate surface area is 96.9 Å². The minimum absolute atomic E-state index is 0.280. The van der Waals surface area contributed by atoms with Gasteiger partial charge >= 0.3 is 0 Å². The number of hydrogen-bond donors (Lipinski definition) is 2. The molecule has 3 nitrogen and oxygen atoms in total. The lowest BCUT2D eigenvalue weighted by Crippen LogP contribution is -2.37. The molecule has 0 aromatic heterocycles. The summed E-state index contributed by atoms with van der Waals surface area (Å²) >= 11 is 0. The highest BCUT2D eigenvalue weighted by Gasteiger charge is 2.20. The second-order valence-electron chi connectivity index (χ2n) is 4.70. The van der Waals surface area contributed by atoms with Crippen molar-refractivity contribution < 1.29 is 5.11 Å². The van der Waals surface area contributed by atoms with Crippen LogP contribution in [0, 0.1) is 12.8 Å². The van der Waals surface area contributed by atoms with Crippen LogP contribution in [0.15, 0.2) is 18.2 Å². The maximum atomic E-state index is 9.21. The molecule has 1 heterocycles. The van der Waals surface area contributed by atoms with E-state index in [0.717, 1.165) is 37.3 Å². The van der Waals surface area contributed by atoms with Gasteiger partial charge < -0.3 is 15.7 Å². The predicted molar refractivity (Wildman–Crippen MR) is 67.6 cm³/mol. The average Bonchev–Trinajstić information content (AvgIpc) is 2.29. The molecule has 1 unspecified atom stereocenters. The van der Waals surface area contributed by atoms with Gasteiger partial charge in [0.15, 0.2) is 0 Å². The molecule has 1 fully saturated rings. The zero-order valence-corrected chi connectivity index (χ0v) is 9.82. The molecule has 1 aliphatic heterocycles. The van der Waals surface area contributed by atoms with Crippen LogP contribution in [0.4, 0.5) is 11.4 Å². The summed E-state index contributed by atoms with van der Waals surface area (Å²) in [6.45, 7) is 4.29. The molecule has 0 bridgehead atoms. The molecule has 1 aromatic carbocycles. The number of rotatable bonds is 2. The van der Waals surface area contributed by atoms with Gasteiger partial charge in [-0.05, 0) is 43.4 Å². The van der Waals surface area contributed by atoms with E-state index in [2.05, 4.69) is 17.0 Å². The summed E-state index contributed by atoms with van der Waals surface area (Å²) in [6, 6.07) is 6.19. The molecule has 1 aromatic rings. The summed E-state index contributed by atoms with van der Waals surface area (Å²) in [7, 11) is 0. The zero-order valence-electron chi connectivity index (χ0n) is 9.82. The van der Waals surface area contributed by atoms with Crippen LogP contribution in [0.2, 0.25) is 0 Å². The van der Waals surface area contributed by atoms with Gasteiger partial charge in [-0.3, -0.25) is 0 Å². The first kappa shape index (κ1) is 11.3. The third kappa shape index (κ3) is 2.30. The van der Waals surface area contributed by atoms with Gasteiger partial charge in [0.2, 0.25) is 0 Å². The number of benzene rings is 1. The van der Waals surface area contributed by atoms with Crippen molar-refractivity contribution in [1.29, 1.82) is 0 Å². The largest absolute Gasteiger partial charge is 0.397 e. The van der Waals surface area contributed by atoms with Gasteiger partial charge in [0.25, 0.3) is 0 Å². The van der Waals surface area contributed by atoms with Gasteiger partial charge in [0.1, 0.15) is 0 Å². The molecule has 3 heteroatoms. The standard InChI is InChI=1S/C13H20N2O/c1-10-4-5-13(12(14)7-10)15-6-2-3-11(8-15)9-16/h4-5,7,11,16H,2-3,6,8-9,14H2,1H3. The molecule has 2 rings (SSSR count). The van der Waals surface area contributed by atoms with Crippen molar-refractivity contribution in [1.82, 2.24) is 0 Å². The fraction of sp³-hybridized carbons (Fsp3) is 0.538. The molecule has 16 heavy (non-hydrogen) atoms. The molecule has 0 spiro atoms. The number of nitrogens with zero attached hydrogens (tertiary/aromatic N) is 1. The van der Waals surface area contributed by atoms with E-state index in [9.17, 15) is 5.11 Å². The molecule has 1 saturated heterocycles. The summed E-state index contributed by atoms with van der Waals surface area (Å²) < 4.78 is 0. The Kier molecular flexibility index (Phi) is 3.34. The van der Waals surface area contributed by atoms with Crippen LogP contribution in [0.25, 0.3) is 0 Å². The molecule has 0 amide bonds. The maximum Gasteiger partial charge on any atom is 0.0600 e. The molecular weight excluding hydrogens is 200 g/mol. The van der Waals surface area contributed by atoms with Crippen molar-refractivity contribution in [2.45, 2.75) is 19.8 Å². The van der Waals surface area contributed by atoms with Crippen molar-refractivity contribution in [3.8, 4) is 0 Å². The number of nitrogens with two attached hydrogens (primary N) is 1. The Bertz CT molecular complexity index is 365. The van der Waals surface area contributed by atoms with Gasteiger partial charge in [0.05, 0.1) is 11.4 Å². The molecular formula is C13H20N2O. The van der Waals surface area contributed by atoms with E-state index in [0.29, 0.717) is 5.92 Å². The quantitative estimate of drug-likeness (QED) is 0.747. The monoisotopic (exact) mass is 220 g/mol. The van der Waals surface area contributed by atoms with E-state index in [1.54, 1.807) is 0 Å². The molecule has 88 valence electrons. The first-order chi connectivity index (χ1) is 7.70. The van der Waals surface area contributed by atoms with E-state index in [1.807, 2.05) is 13.0 Å². The lowest BCUT2D eigenvalue weighted by atomic mass is 9.98. The number of piperidine rings is 1. The zero-order chi connectivity index (χ0) is 11.5. The van der Waals surface area contributed by atoms with E-state index >= 15 is 0 Å². The van der Waals surface area contributed by atoms with Crippen LogP contribution in [-0.4, -0.2) is 24.8 Å². The second-order valence-corrected chi connectivity index (χ2v) is 4.70. The van der Waals surface area contributed by atoms with E-state index in [1.165, 1.54) is 5.56 Å². The number of hydrogen-bond acceptors (Lipinski definition) is 3. The predicted octanol–water partition coefficient (Wildman–Crippen LogP) is 1.79. The Morgan fingerprint density at radius 1 is 1.50 bits per heavy atom. The van der Waals surface area contributed by atoms with Crippen LogP contribution in [0.3, 0.4) is 0 Å². The Hall–Kier alpha value is -1.22. The summed E-state index contributed by atoms with van der Waals surface area (Å²) in [5.41, 5.74) is 9.19. The molecule has 0 radical (unpaired) electrons. The van der Waals surface area contributed by atoms with Crippen LogP contribution in [0.1, 0.15) is 18.4 Å². The minimum atomic E-state index is 0.280. The van der Waals surface area contributed by atoms with Crippen molar-refractivity contribution in [2.24, 2.45) is 5.92 Å². The SMILES string of the molecule is Cc1ccc(N2CCCC(CO)C2)c(N)c1. The fourth-order valence-electron chi connectivity index (χ4n) is 2.39. The first-order valence-corrected chi connectivity index (χ1v) is 5.92. The fourth-order valence-corrected chi connectivity index (χ4v) is 2.39. The van der Waals surface area contributed by atoms with Gasteiger partial charge in [-0.1, -0.05) is 6.07 Å². The molecule has 3 N–H and O–H groups in total. The van der Waals surface area contributed by atoms with E-state index in [-0.39, 0.29) is 6.61 Å². The van der Waals surface area contributed by atoms with Gasteiger partial charge in [0, 0.05) is 19.7 Å². The Morgan fingerprint density at radius 3 is 3.00 bits per heavy atom. The van der Waals surface area contributed by atoms with Crippen LogP contribution in [0.5, 0.6) is 0 Å². The molecule has 1 atom stereocenters. The number of anilines is 2. The van der Waals surface area contributed by atoms with E-state index in [4.69, 9.17) is 5.73 Å². The van der Waals surface area contributed by atoms with Gasteiger partial charge in [-0.2, -0.15) is 0 Å². The average molecular weight is 220 g/mol. The first-order valence-electron chi connectivity index (χ1n) is 5.92. The lowest BCUT2D eigenvalue weighted by molar-refractivity contribution is 0.209. The maximum absolute atomic E-state index is 9.21. The van der Waals surface area contributed by atoms with Crippen LogP contribution >= 0.6 is 0 Å². The Balaban J connectivity index is 2.16. The summed E-state index contributed by atoms with van der Waals surface area (Å²) in [6.07, 6.45) is 2.26. The summed E-state index contributed by atoms with van der Waals surface area (Å²) in [5.74, 6) is 0.398. The van der Waals surface area contributed by atoms with E-state index < -0.39 is 0 Å². The van der Waals surface area contributed by atoms with Crippen molar-refractivity contribution in [3.63, 3.8) is 0 Å². The Morgan fingerprint density at radius 2 is 2.31 bits per heavy atom. The summed E-state index contributed by atoms with van der Waals surface area (Å²) in [4.78, 5) is 2.29. The second kappa shape index (κ2) is 4.74. The highest BCUT2D eigenvalue weighted by atomic mass is 16.3. The van der Waals surface area contributed by atoms with Gasteiger partial charge in [-0.25, -0.2) is 0 Å². The van der Waals surface area contributed by atoms with Crippen LogP contribution < -0.4 is 10.6 Å². The third-order valence-electron chi connectivity index (χ3n) is 3.30. The molecule has 1 aliphatic rings. The van der Waals surface area contributed by atoms with Crippen molar-refractivity contribution in [2.75, 3.05) is 30.3 Å². The van der Waals surface area contributed by atoms with Crippen molar-refractivity contribution in [3.05, 3.63) is 23.8 Å². The smallest absolute Gasteiger partial charge is 0.0600 e. The lowest BCUT2D eigenvalue weighted by Gasteiger charge is -2.34. The number of nitrogen functional groups attached to an aromatic ring is 1. The highest BCUT2D eigenvalue weighted by Crippen LogP contribution is 2.28.